The largest absolute Gasteiger partial charge is 0.454 e. The summed E-state index contributed by atoms with van der Waals surface area (Å²) < 4.78 is 20.0. The number of ether oxygens (including phenoxy) is 1. The minimum absolute atomic E-state index is 0.0474. The zero-order valence-electron chi connectivity index (χ0n) is 14.7. The standard InChI is InChI=1S/C21H18Cl2FNO/c1-19(2)20(3,21(19,13-25)12-18(22)23)14-9-10-16(24)17(11-14)26-15-7-5-4-6-8-15/h4-12H,1-3H3. The van der Waals surface area contributed by atoms with Gasteiger partial charge in [-0.25, -0.2) is 4.39 Å². The molecule has 0 aromatic heterocycles. The molecule has 1 aliphatic rings. The normalized spacial score (nSPS) is 25.9. The fourth-order valence-corrected chi connectivity index (χ4v) is 4.33. The summed E-state index contributed by atoms with van der Waals surface area (Å²) in [5, 5.41) is 9.88. The van der Waals surface area contributed by atoms with Crippen LogP contribution < -0.4 is 4.74 Å². The first-order valence-electron chi connectivity index (χ1n) is 8.17. The minimum atomic E-state index is -0.888. The van der Waals surface area contributed by atoms with E-state index in [0.29, 0.717) is 5.75 Å². The van der Waals surface area contributed by atoms with E-state index in [4.69, 9.17) is 27.9 Å². The van der Waals surface area contributed by atoms with Crippen LogP contribution in [0, 0.1) is 28.0 Å². The van der Waals surface area contributed by atoms with Gasteiger partial charge < -0.3 is 4.74 Å². The lowest BCUT2D eigenvalue weighted by Gasteiger charge is -2.17. The van der Waals surface area contributed by atoms with E-state index in [0.717, 1.165) is 5.56 Å². The fourth-order valence-electron chi connectivity index (χ4n) is 4.00. The van der Waals surface area contributed by atoms with Crippen LogP contribution in [-0.2, 0) is 5.41 Å². The first-order chi connectivity index (χ1) is 12.2. The molecule has 2 atom stereocenters. The molecule has 0 amide bonds. The molecule has 134 valence electrons. The van der Waals surface area contributed by atoms with Crippen LogP contribution in [0.25, 0.3) is 0 Å². The van der Waals surface area contributed by atoms with Crippen molar-refractivity contribution in [2.75, 3.05) is 0 Å². The van der Waals surface area contributed by atoms with Crippen LogP contribution in [0.4, 0.5) is 4.39 Å². The molecular weight excluding hydrogens is 372 g/mol. The highest BCUT2D eigenvalue weighted by molar-refractivity contribution is 6.56. The Morgan fingerprint density at radius 2 is 1.77 bits per heavy atom. The number of nitriles is 1. The molecule has 2 nitrogen and oxygen atoms in total. The highest BCUT2D eigenvalue weighted by Gasteiger charge is 2.80. The van der Waals surface area contributed by atoms with Crippen molar-refractivity contribution in [2.24, 2.45) is 10.8 Å². The zero-order valence-corrected chi connectivity index (χ0v) is 16.2. The van der Waals surface area contributed by atoms with Crippen molar-refractivity contribution in [3.8, 4) is 17.6 Å². The molecule has 0 N–H and O–H groups in total. The molecule has 5 heteroatoms. The fraction of sp³-hybridized carbons (Fsp3) is 0.286. The average Bonchev–Trinajstić information content (AvgIpc) is 2.98. The Morgan fingerprint density at radius 1 is 1.12 bits per heavy atom. The Morgan fingerprint density at radius 3 is 2.35 bits per heavy atom. The van der Waals surface area contributed by atoms with Gasteiger partial charge in [-0.05, 0) is 41.3 Å². The maximum atomic E-state index is 14.3. The van der Waals surface area contributed by atoms with Crippen LogP contribution in [0.1, 0.15) is 26.3 Å². The Kier molecular flexibility index (Phi) is 4.55. The molecule has 1 saturated carbocycles. The summed E-state index contributed by atoms with van der Waals surface area (Å²) in [7, 11) is 0. The van der Waals surface area contributed by atoms with E-state index in [1.54, 1.807) is 30.3 Å². The molecular formula is C21H18Cl2FNO. The molecule has 3 rings (SSSR count). The summed E-state index contributed by atoms with van der Waals surface area (Å²) in [6.45, 7) is 5.91. The molecule has 2 unspecified atom stereocenters. The number of para-hydroxylation sites is 1. The number of benzene rings is 2. The molecule has 0 aliphatic heterocycles. The molecule has 1 fully saturated rings. The van der Waals surface area contributed by atoms with Crippen molar-refractivity contribution in [1.82, 2.24) is 0 Å². The SMILES string of the molecule is CC1(C)C(C#N)(C=C(Cl)Cl)C1(C)c1ccc(F)c(Oc2ccccc2)c1. The van der Waals surface area contributed by atoms with Crippen molar-refractivity contribution >= 4 is 23.2 Å². The predicted octanol–water partition coefficient (Wildman–Crippen LogP) is 6.74. The van der Waals surface area contributed by atoms with Gasteiger partial charge in [0.1, 0.15) is 10.2 Å². The highest BCUT2D eigenvalue weighted by Crippen LogP contribution is 2.79. The maximum Gasteiger partial charge on any atom is 0.165 e. The summed E-state index contributed by atoms with van der Waals surface area (Å²) in [6.07, 6.45) is 1.58. The van der Waals surface area contributed by atoms with E-state index in [1.165, 1.54) is 6.07 Å². The summed E-state index contributed by atoms with van der Waals surface area (Å²) in [4.78, 5) is 0. The van der Waals surface area contributed by atoms with E-state index in [-0.39, 0.29) is 10.2 Å². The van der Waals surface area contributed by atoms with Gasteiger partial charge in [0.15, 0.2) is 11.6 Å². The zero-order chi connectivity index (χ0) is 19.2. The van der Waals surface area contributed by atoms with E-state index in [2.05, 4.69) is 6.07 Å². The third kappa shape index (κ3) is 2.52. The van der Waals surface area contributed by atoms with Gasteiger partial charge in [-0.3, -0.25) is 0 Å². The number of hydrogen-bond acceptors (Lipinski definition) is 2. The second-order valence-electron chi connectivity index (χ2n) is 7.16. The third-order valence-electron chi connectivity index (χ3n) is 5.94. The van der Waals surface area contributed by atoms with Gasteiger partial charge in [0.25, 0.3) is 0 Å². The number of hydrogen-bond donors (Lipinski definition) is 0. The molecule has 2 aromatic rings. The number of allylic oxidation sites excluding steroid dienone is 1. The van der Waals surface area contributed by atoms with Crippen molar-refractivity contribution in [1.29, 1.82) is 5.26 Å². The van der Waals surface area contributed by atoms with Gasteiger partial charge in [-0.2, -0.15) is 5.26 Å². The van der Waals surface area contributed by atoms with Crippen LogP contribution >= 0.6 is 23.2 Å². The Bertz CT molecular complexity index is 915. The molecule has 0 bridgehead atoms. The van der Waals surface area contributed by atoms with Gasteiger partial charge in [0.2, 0.25) is 0 Å². The third-order valence-corrected chi connectivity index (χ3v) is 6.16. The smallest absolute Gasteiger partial charge is 0.165 e. The monoisotopic (exact) mass is 389 g/mol. The summed E-state index contributed by atoms with van der Waals surface area (Å²) in [6, 6.07) is 16.1. The molecule has 0 saturated heterocycles. The van der Waals surface area contributed by atoms with Crippen molar-refractivity contribution < 1.29 is 9.13 Å². The summed E-state index contributed by atoms with van der Waals surface area (Å²) >= 11 is 11.8. The van der Waals surface area contributed by atoms with E-state index in [9.17, 15) is 9.65 Å². The topological polar surface area (TPSA) is 33.0 Å². The maximum absolute atomic E-state index is 14.3. The summed E-state index contributed by atoms with van der Waals surface area (Å²) in [5.74, 6) is 0.192. The number of nitrogens with zero attached hydrogens (tertiary/aromatic N) is 1. The van der Waals surface area contributed by atoms with Crippen LogP contribution in [0.5, 0.6) is 11.5 Å². The number of halogens is 3. The second kappa shape index (κ2) is 6.30. The van der Waals surface area contributed by atoms with Gasteiger partial charge in [0, 0.05) is 5.41 Å². The lowest BCUT2D eigenvalue weighted by atomic mass is 9.87. The quantitative estimate of drug-likeness (QED) is 0.579. The Labute approximate surface area is 162 Å². The van der Waals surface area contributed by atoms with Crippen LogP contribution in [-0.4, -0.2) is 0 Å². The molecule has 0 spiro atoms. The molecule has 0 heterocycles. The molecule has 26 heavy (non-hydrogen) atoms. The van der Waals surface area contributed by atoms with Gasteiger partial charge >= 0.3 is 0 Å². The average molecular weight is 390 g/mol. The van der Waals surface area contributed by atoms with Crippen LogP contribution in [0.15, 0.2) is 59.1 Å². The van der Waals surface area contributed by atoms with E-state index < -0.39 is 22.1 Å². The lowest BCUT2D eigenvalue weighted by molar-refractivity contribution is 0.438. The molecule has 0 radical (unpaired) electrons. The Balaban J connectivity index is 2.07. The van der Waals surface area contributed by atoms with Crippen LogP contribution in [0.2, 0.25) is 0 Å². The van der Waals surface area contributed by atoms with E-state index >= 15 is 0 Å². The van der Waals surface area contributed by atoms with E-state index in [1.807, 2.05) is 39.0 Å². The van der Waals surface area contributed by atoms with Crippen molar-refractivity contribution in [2.45, 2.75) is 26.2 Å². The van der Waals surface area contributed by atoms with Crippen LogP contribution in [0.3, 0.4) is 0 Å². The second-order valence-corrected chi connectivity index (χ2v) is 8.17. The van der Waals surface area contributed by atoms with Crippen molar-refractivity contribution in [3.63, 3.8) is 0 Å². The molecule has 2 aromatic carbocycles. The van der Waals surface area contributed by atoms with Gasteiger partial charge in [-0.1, -0.05) is 68.2 Å². The Hall–Kier alpha value is -2.02. The minimum Gasteiger partial charge on any atom is -0.454 e. The number of rotatable bonds is 4. The van der Waals surface area contributed by atoms with Gasteiger partial charge in [-0.15, -0.1) is 0 Å². The first-order valence-corrected chi connectivity index (χ1v) is 8.93. The predicted molar refractivity (Wildman–Crippen MR) is 102 cm³/mol. The van der Waals surface area contributed by atoms with Crippen molar-refractivity contribution in [3.05, 3.63) is 70.5 Å². The summed E-state index contributed by atoms with van der Waals surface area (Å²) in [5.41, 5.74) is -1.12. The lowest BCUT2D eigenvalue weighted by Crippen LogP contribution is -2.13. The highest BCUT2D eigenvalue weighted by atomic mass is 35.5. The van der Waals surface area contributed by atoms with Gasteiger partial charge in [0.05, 0.1) is 11.5 Å². The first kappa shape index (κ1) is 18.8. The molecule has 1 aliphatic carbocycles.